The van der Waals surface area contributed by atoms with Crippen molar-refractivity contribution in [2.75, 3.05) is 17.7 Å². The highest BCUT2D eigenvalue weighted by atomic mass is 16.5. The van der Waals surface area contributed by atoms with E-state index in [1.54, 1.807) is 11.8 Å². The fourth-order valence-electron chi connectivity index (χ4n) is 3.49. The molecule has 0 spiro atoms. The maximum Gasteiger partial charge on any atom is 0.255 e. The van der Waals surface area contributed by atoms with Crippen molar-refractivity contribution in [1.29, 1.82) is 0 Å². The van der Waals surface area contributed by atoms with Crippen LogP contribution in [0.4, 0.5) is 11.6 Å². The van der Waals surface area contributed by atoms with Gasteiger partial charge in [-0.2, -0.15) is 10.1 Å². The monoisotopic (exact) mass is 375 g/mol. The van der Waals surface area contributed by atoms with Gasteiger partial charge in [0.2, 0.25) is 5.95 Å². The summed E-state index contributed by atoms with van der Waals surface area (Å²) >= 11 is 0. The maximum atomic E-state index is 13.3. The number of fused-ring (bicyclic) bond motifs is 1. The molecule has 0 saturated carbocycles. The lowest BCUT2D eigenvalue weighted by atomic mass is 9.94. The van der Waals surface area contributed by atoms with Crippen molar-refractivity contribution in [1.82, 2.24) is 14.8 Å². The third kappa shape index (κ3) is 3.11. The average molecular weight is 375 g/mol. The Morgan fingerprint density at radius 1 is 1.18 bits per heavy atom. The third-order valence-corrected chi connectivity index (χ3v) is 4.75. The van der Waals surface area contributed by atoms with Crippen molar-refractivity contribution in [3.63, 3.8) is 0 Å². The van der Waals surface area contributed by atoms with E-state index in [1.165, 1.54) is 6.33 Å². The molecule has 0 radical (unpaired) electrons. The van der Waals surface area contributed by atoms with Gasteiger partial charge in [-0.15, -0.1) is 0 Å². The molecule has 2 N–H and O–H groups in total. The Morgan fingerprint density at radius 3 is 2.79 bits per heavy atom. The first-order valence-electron chi connectivity index (χ1n) is 8.96. The fourth-order valence-corrected chi connectivity index (χ4v) is 3.49. The zero-order valence-corrected chi connectivity index (χ0v) is 15.9. The number of carbonyl (C=O) groups is 1. The lowest BCUT2D eigenvalue weighted by Crippen LogP contribution is -2.31. The first-order chi connectivity index (χ1) is 13.6. The van der Waals surface area contributed by atoms with Crippen LogP contribution in [0.5, 0.6) is 5.75 Å². The molecule has 2 aromatic carbocycles. The van der Waals surface area contributed by atoms with Gasteiger partial charge < -0.3 is 15.4 Å². The Hall–Kier alpha value is -3.61. The van der Waals surface area contributed by atoms with E-state index in [2.05, 4.69) is 20.7 Å². The minimum atomic E-state index is -0.459. The summed E-state index contributed by atoms with van der Waals surface area (Å²) < 4.78 is 7.26. The molecule has 0 bridgehead atoms. The van der Waals surface area contributed by atoms with Crippen molar-refractivity contribution in [2.45, 2.75) is 19.9 Å². The van der Waals surface area contributed by atoms with Gasteiger partial charge >= 0.3 is 0 Å². The summed E-state index contributed by atoms with van der Waals surface area (Å²) in [5, 5.41) is 10.5. The number of anilines is 2. The Balaban J connectivity index is 1.80. The van der Waals surface area contributed by atoms with Gasteiger partial charge in [0.05, 0.1) is 12.7 Å². The van der Waals surface area contributed by atoms with E-state index in [4.69, 9.17) is 4.74 Å². The smallest absolute Gasteiger partial charge is 0.255 e. The molecule has 7 heteroatoms. The summed E-state index contributed by atoms with van der Waals surface area (Å²) in [4.78, 5) is 17.6. The normalized spacial score (nSPS) is 15.6. The third-order valence-electron chi connectivity index (χ3n) is 4.75. The number of nitrogens with zero attached hydrogens (tertiary/aromatic N) is 3. The molecule has 28 heavy (non-hydrogen) atoms. The molecule has 4 rings (SSSR count). The molecule has 2 heterocycles. The number of hydrogen-bond acceptors (Lipinski definition) is 5. The lowest BCUT2D eigenvalue weighted by Gasteiger charge is -2.29. The number of carbonyl (C=O) groups excluding carboxylic acids is 1. The number of hydrogen-bond donors (Lipinski definition) is 2. The Bertz CT molecular complexity index is 1070. The minimum absolute atomic E-state index is 0.201. The van der Waals surface area contributed by atoms with Gasteiger partial charge in [0, 0.05) is 16.9 Å². The first kappa shape index (κ1) is 17.8. The number of aryl methyl sites for hydroxylation is 1. The first-order valence-corrected chi connectivity index (χ1v) is 8.96. The van der Waals surface area contributed by atoms with Crippen LogP contribution in [0.3, 0.4) is 0 Å². The molecule has 3 aromatic rings. The molecule has 0 aliphatic carbocycles. The van der Waals surface area contributed by atoms with Crippen LogP contribution in [0.15, 0.2) is 66.1 Å². The quantitative estimate of drug-likeness (QED) is 0.729. The number of amides is 1. The second-order valence-electron chi connectivity index (χ2n) is 6.66. The van der Waals surface area contributed by atoms with Gasteiger partial charge in [-0.1, -0.05) is 30.3 Å². The van der Waals surface area contributed by atoms with Crippen molar-refractivity contribution in [3.05, 3.63) is 77.3 Å². The summed E-state index contributed by atoms with van der Waals surface area (Å²) in [5.41, 5.74) is 3.94. The van der Waals surface area contributed by atoms with Gasteiger partial charge in [0.15, 0.2) is 0 Å². The second-order valence-corrected chi connectivity index (χ2v) is 6.66. The number of allylic oxidation sites excluding steroid dienone is 1. The number of rotatable bonds is 4. The van der Waals surface area contributed by atoms with E-state index in [-0.39, 0.29) is 5.91 Å². The maximum absolute atomic E-state index is 13.3. The molecule has 142 valence electrons. The predicted octanol–water partition coefficient (Wildman–Crippen LogP) is 3.52. The van der Waals surface area contributed by atoms with E-state index < -0.39 is 6.04 Å². The summed E-state index contributed by atoms with van der Waals surface area (Å²) in [7, 11) is 1.62. The van der Waals surface area contributed by atoms with Crippen LogP contribution in [0.25, 0.3) is 0 Å². The zero-order valence-electron chi connectivity index (χ0n) is 15.9. The Labute approximate surface area is 163 Å². The van der Waals surface area contributed by atoms with Gasteiger partial charge in [-0.3, -0.25) is 4.79 Å². The number of para-hydroxylation sites is 1. The molecule has 1 amide bonds. The number of ether oxygens (including phenoxy) is 1. The van der Waals surface area contributed by atoms with Crippen LogP contribution in [-0.2, 0) is 4.79 Å². The average Bonchev–Trinajstić information content (AvgIpc) is 3.14. The van der Waals surface area contributed by atoms with Crippen molar-refractivity contribution in [3.8, 4) is 5.75 Å². The highest BCUT2D eigenvalue weighted by Crippen LogP contribution is 2.38. The molecular weight excluding hydrogens is 354 g/mol. The van der Waals surface area contributed by atoms with Gasteiger partial charge in [-0.25, -0.2) is 4.68 Å². The van der Waals surface area contributed by atoms with Gasteiger partial charge in [0.1, 0.15) is 18.1 Å². The minimum Gasteiger partial charge on any atom is -0.496 e. The Kier molecular flexibility index (Phi) is 4.57. The van der Waals surface area contributed by atoms with Crippen LogP contribution >= 0.6 is 0 Å². The largest absolute Gasteiger partial charge is 0.496 e. The topological polar surface area (TPSA) is 81.1 Å². The van der Waals surface area contributed by atoms with E-state index in [1.807, 2.05) is 62.4 Å². The molecule has 7 nitrogen and oxygen atoms in total. The van der Waals surface area contributed by atoms with Crippen LogP contribution < -0.4 is 15.4 Å². The SMILES string of the molecule is COc1ccccc1C1C(C(=O)Nc2cccc(C)c2)=C(C)Nc2ncnn21. The highest BCUT2D eigenvalue weighted by molar-refractivity contribution is 6.06. The summed E-state index contributed by atoms with van der Waals surface area (Å²) in [6.07, 6.45) is 1.47. The molecule has 1 atom stereocenters. The van der Waals surface area contributed by atoms with Crippen molar-refractivity contribution in [2.24, 2.45) is 0 Å². The summed E-state index contributed by atoms with van der Waals surface area (Å²) in [6.45, 7) is 3.85. The number of aromatic nitrogens is 3. The van der Waals surface area contributed by atoms with Crippen molar-refractivity contribution >= 4 is 17.5 Å². The highest BCUT2D eigenvalue weighted by Gasteiger charge is 2.35. The molecule has 1 aromatic heterocycles. The molecule has 1 aliphatic rings. The Morgan fingerprint density at radius 2 is 2.00 bits per heavy atom. The van der Waals surface area contributed by atoms with E-state index in [0.29, 0.717) is 17.3 Å². The van der Waals surface area contributed by atoms with E-state index >= 15 is 0 Å². The molecule has 0 saturated heterocycles. The lowest BCUT2D eigenvalue weighted by molar-refractivity contribution is -0.113. The fraction of sp³-hybridized carbons (Fsp3) is 0.190. The molecule has 0 fully saturated rings. The molecule has 1 aliphatic heterocycles. The summed E-state index contributed by atoms with van der Waals surface area (Å²) in [6, 6.07) is 14.9. The van der Waals surface area contributed by atoms with Crippen LogP contribution in [-0.4, -0.2) is 27.8 Å². The number of methoxy groups -OCH3 is 1. The van der Waals surface area contributed by atoms with Crippen LogP contribution in [0, 0.1) is 6.92 Å². The standard InChI is InChI=1S/C21H21N5O2/c1-13-7-6-8-15(11-13)25-20(27)18-14(2)24-21-22-12-23-26(21)19(18)16-9-4-5-10-17(16)28-3/h4-12,19H,1-3H3,(H,25,27)(H,22,23,24). The van der Waals surface area contributed by atoms with Gasteiger partial charge in [0.25, 0.3) is 5.91 Å². The molecular formula is C21H21N5O2. The van der Waals surface area contributed by atoms with E-state index in [0.717, 1.165) is 22.5 Å². The predicted molar refractivity (Wildman–Crippen MR) is 107 cm³/mol. The number of benzene rings is 2. The van der Waals surface area contributed by atoms with Crippen LogP contribution in [0.1, 0.15) is 24.1 Å². The second kappa shape index (κ2) is 7.19. The zero-order chi connectivity index (χ0) is 19.7. The van der Waals surface area contributed by atoms with Crippen molar-refractivity contribution < 1.29 is 9.53 Å². The summed E-state index contributed by atoms with van der Waals surface area (Å²) in [5.74, 6) is 1.07. The van der Waals surface area contributed by atoms with E-state index in [9.17, 15) is 4.79 Å². The number of nitrogens with one attached hydrogen (secondary N) is 2. The van der Waals surface area contributed by atoms with Gasteiger partial charge in [-0.05, 0) is 37.6 Å². The molecule has 1 unspecified atom stereocenters. The van der Waals surface area contributed by atoms with Crippen LogP contribution in [0.2, 0.25) is 0 Å².